The van der Waals surface area contributed by atoms with E-state index in [0.29, 0.717) is 5.82 Å². The number of piperazine rings is 1. The van der Waals surface area contributed by atoms with Gasteiger partial charge in [-0.2, -0.15) is 0 Å². The third kappa shape index (κ3) is 4.64. The number of rotatable bonds is 6. The molecular formula is C16H21N7OS. The number of hydrogen-bond acceptors (Lipinski definition) is 8. The van der Waals surface area contributed by atoms with Crippen molar-refractivity contribution in [1.29, 1.82) is 0 Å². The molecule has 0 unspecified atom stereocenters. The lowest BCUT2D eigenvalue weighted by Gasteiger charge is -2.35. The third-order valence-electron chi connectivity index (χ3n) is 3.93. The van der Waals surface area contributed by atoms with E-state index >= 15 is 0 Å². The summed E-state index contributed by atoms with van der Waals surface area (Å²) in [6.45, 7) is 6.35. The zero-order chi connectivity index (χ0) is 17.6. The number of anilines is 1. The van der Waals surface area contributed by atoms with E-state index in [2.05, 4.69) is 36.7 Å². The minimum atomic E-state index is -0.558. The SMILES string of the molecule is CCSc1ncc(CN2CCN(c3cncc(C(N)=O)n3)CC2)cn1. The van der Waals surface area contributed by atoms with Crippen molar-refractivity contribution in [3.8, 4) is 0 Å². The Labute approximate surface area is 150 Å². The largest absolute Gasteiger partial charge is 0.364 e. The van der Waals surface area contributed by atoms with Gasteiger partial charge in [0.1, 0.15) is 11.5 Å². The molecule has 1 aliphatic heterocycles. The van der Waals surface area contributed by atoms with Gasteiger partial charge in [0.2, 0.25) is 0 Å². The number of amides is 1. The number of thioether (sulfide) groups is 1. The number of carbonyl (C=O) groups is 1. The monoisotopic (exact) mass is 359 g/mol. The molecule has 2 aromatic rings. The number of carbonyl (C=O) groups excluding carboxylic acids is 1. The van der Waals surface area contributed by atoms with Crippen molar-refractivity contribution in [3.63, 3.8) is 0 Å². The van der Waals surface area contributed by atoms with Crippen molar-refractivity contribution >= 4 is 23.5 Å². The van der Waals surface area contributed by atoms with Crippen LogP contribution in [0.25, 0.3) is 0 Å². The first-order valence-electron chi connectivity index (χ1n) is 8.18. The molecule has 132 valence electrons. The number of nitrogens with zero attached hydrogens (tertiary/aromatic N) is 6. The molecule has 1 fully saturated rings. The van der Waals surface area contributed by atoms with Gasteiger partial charge in [0.15, 0.2) is 5.16 Å². The fourth-order valence-corrected chi connectivity index (χ4v) is 3.16. The van der Waals surface area contributed by atoms with E-state index in [1.165, 1.54) is 6.20 Å². The minimum absolute atomic E-state index is 0.196. The summed E-state index contributed by atoms with van der Waals surface area (Å²) >= 11 is 1.64. The molecule has 0 aliphatic carbocycles. The number of aromatic nitrogens is 4. The van der Waals surface area contributed by atoms with Crippen LogP contribution in [0.4, 0.5) is 5.82 Å². The van der Waals surface area contributed by atoms with Gasteiger partial charge in [0.25, 0.3) is 5.91 Å². The summed E-state index contributed by atoms with van der Waals surface area (Å²) in [7, 11) is 0. The molecule has 0 radical (unpaired) electrons. The maximum atomic E-state index is 11.2. The maximum absolute atomic E-state index is 11.2. The minimum Gasteiger partial charge on any atom is -0.364 e. The molecule has 25 heavy (non-hydrogen) atoms. The molecule has 1 aliphatic rings. The van der Waals surface area contributed by atoms with Gasteiger partial charge in [0, 0.05) is 50.7 Å². The Kier molecular flexibility index (Phi) is 5.77. The summed E-state index contributed by atoms with van der Waals surface area (Å²) in [6.07, 6.45) is 6.86. The van der Waals surface area contributed by atoms with Crippen LogP contribution in [0.2, 0.25) is 0 Å². The van der Waals surface area contributed by atoms with Crippen LogP contribution in [-0.2, 0) is 6.54 Å². The lowest BCUT2D eigenvalue weighted by molar-refractivity contribution is 0.0995. The van der Waals surface area contributed by atoms with Crippen LogP contribution in [0.15, 0.2) is 29.9 Å². The molecule has 0 bridgehead atoms. The Morgan fingerprint density at radius 3 is 2.52 bits per heavy atom. The predicted molar refractivity (Wildman–Crippen MR) is 96.5 cm³/mol. The number of nitrogens with two attached hydrogens (primary N) is 1. The average molecular weight is 359 g/mol. The van der Waals surface area contributed by atoms with E-state index in [9.17, 15) is 4.79 Å². The zero-order valence-corrected chi connectivity index (χ0v) is 14.9. The summed E-state index contributed by atoms with van der Waals surface area (Å²) in [5, 5.41) is 0.823. The van der Waals surface area contributed by atoms with Crippen LogP contribution in [0.1, 0.15) is 23.0 Å². The van der Waals surface area contributed by atoms with Crippen molar-refractivity contribution in [2.45, 2.75) is 18.6 Å². The van der Waals surface area contributed by atoms with Crippen molar-refractivity contribution < 1.29 is 4.79 Å². The molecular weight excluding hydrogens is 338 g/mol. The van der Waals surface area contributed by atoms with E-state index < -0.39 is 5.91 Å². The molecule has 1 saturated heterocycles. The quantitative estimate of drug-likeness (QED) is 0.597. The van der Waals surface area contributed by atoms with Gasteiger partial charge in [-0.05, 0) is 5.75 Å². The molecule has 9 heteroatoms. The number of primary amides is 1. The molecule has 0 aromatic carbocycles. The van der Waals surface area contributed by atoms with Gasteiger partial charge in [-0.15, -0.1) is 0 Å². The molecule has 2 aromatic heterocycles. The lowest BCUT2D eigenvalue weighted by Crippen LogP contribution is -2.46. The molecule has 3 heterocycles. The first kappa shape index (κ1) is 17.6. The van der Waals surface area contributed by atoms with Crippen LogP contribution in [0.5, 0.6) is 0 Å². The zero-order valence-electron chi connectivity index (χ0n) is 14.1. The van der Waals surface area contributed by atoms with Crippen molar-refractivity contribution in [2.75, 3.05) is 36.8 Å². The second-order valence-electron chi connectivity index (χ2n) is 5.70. The summed E-state index contributed by atoms with van der Waals surface area (Å²) in [4.78, 5) is 32.8. The molecule has 2 N–H and O–H groups in total. The first-order chi connectivity index (χ1) is 12.2. The fraction of sp³-hybridized carbons (Fsp3) is 0.438. The van der Waals surface area contributed by atoms with E-state index in [0.717, 1.165) is 49.2 Å². The Hall–Kier alpha value is -2.26. The van der Waals surface area contributed by atoms with E-state index in [1.54, 1.807) is 18.0 Å². The second kappa shape index (κ2) is 8.21. The van der Waals surface area contributed by atoms with Crippen molar-refractivity contribution in [2.24, 2.45) is 5.73 Å². The highest BCUT2D eigenvalue weighted by Gasteiger charge is 2.19. The van der Waals surface area contributed by atoms with Crippen molar-refractivity contribution in [3.05, 3.63) is 36.0 Å². The fourth-order valence-electron chi connectivity index (χ4n) is 2.65. The van der Waals surface area contributed by atoms with Gasteiger partial charge < -0.3 is 10.6 Å². The molecule has 0 saturated carbocycles. The van der Waals surface area contributed by atoms with Gasteiger partial charge >= 0.3 is 0 Å². The standard InChI is InChI=1S/C16H21N7OS/c1-2-25-16-19-7-12(8-20-16)11-22-3-5-23(6-4-22)14-10-18-9-13(21-14)15(17)24/h7-10H,2-6,11H2,1H3,(H2,17,24). The second-order valence-corrected chi connectivity index (χ2v) is 6.93. The predicted octanol–water partition coefficient (Wildman–Crippen LogP) is 0.800. The van der Waals surface area contributed by atoms with Crippen LogP contribution in [0, 0.1) is 0 Å². The summed E-state index contributed by atoms with van der Waals surface area (Å²) in [5.74, 6) is 1.11. The third-order valence-corrected chi connectivity index (χ3v) is 4.69. The van der Waals surface area contributed by atoms with Gasteiger partial charge in [0.05, 0.1) is 12.4 Å². The van der Waals surface area contributed by atoms with Gasteiger partial charge in [-0.3, -0.25) is 14.7 Å². The van der Waals surface area contributed by atoms with Crippen molar-refractivity contribution in [1.82, 2.24) is 24.8 Å². The number of hydrogen-bond donors (Lipinski definition) is 1. The average Bonchev–Trinajstić information content (AvgIpc) is 2.64. The topological polar surface area (TPSA) is 101 Å². The summed E-state index contributed by atoms with van der Waals surface area (Å²) in [5.41, 5.74) is 6.58. The Morgan fingerprint density at radius 1 is 1.16 bits per heavy atom. The molecule has 8 nitrogen and oxygen atoms in total. The van der Waals surface area contributed by atoms with Crippen LogP contribution in [0.3, 0.4) is 0 Å². The Morgan fingerprint density at radius 2 is 1.88 bits per heavy atom. The molecule has 0 atom stereocenters. The van der Waals surface area contributed by atoms with E-state index in [1.807, 2.05) is 12.4 Å². The molecule has 0 spiro atoms. The van der Waals surface area contributed by atoms with Crippen LogP contribution in [-0.4, -0.2) is 62.7 Å². The smallest absolute Gasteiger partial charge is 0.268 e. The van der Waals surface area contributed by atoms with Gasteiger partial charge in [-0.25, -0.2) is 15.0 Å². The molecule has 1 amide bonds. The highest BCUT2D eigenvalue weighted by molar-refractivity contribution is 7.99. The lowest BCUT2D eigenvalue weighted by atomic mass is 10.2. The van der Waals surface area contributed by atoms with E-state index in [-0.39, 0.29) is 5.69 Å². The van der Waals surface area contributed by atoms with Crippen LogP contribution >= 0.6 is 11.8 Å². The summed E-state index contributed by atoms with van der Waals surface area (Å²) in [6, 6.07) is 0. The molecule has 3 rings (SSSR count). The van der Waals surface area contributed by atoms with Crippen LogP contribution < -0.4 is 10.6 Å². The Balaban J connectivity index is 1.55. The highest BCUT2D eigenvalue weighted by atomic mass is 32.2. The highest BCUT2D eigenvalue weighted by Crippen LogP contribution is 2.15. The first-order valence-corrected chi connectivity index (χ1v) is 9.17. The van der Waals surface area contributed by atoms with E-state index in [4.69, 9.17) is 5.73 Å². The normalized spacial score (nSPS) is 15.3. The Bertz CT molecular complexity index is 717. The summed E-state index contributed by atoms with van der Waals surface area (Å²) < 4.78 is 0. The van der Waals surface area contributed by atoms with Gasteiger partial charge in [-0.1, -0.05) is 18.7 Å². The maximum Gasteiger partial charge on any atom is 0.268 e.